The highest BCUT2D eigenvalue weighted by Gasteiger charge is 2.30. The monoisotopic (exact) mass is 228 g/mol. The van der Waals surface area contributed by atoms with E-state index in [1.165, 1.54) is 12.8 Å². The lowest BCUT2D eigenvalue weighted by molar-refractivity contribution is 0.217. The molecule has 0 unspecified atom stereocenters. The Kier molecular flexibility index (Phi) is 3.71. The Hall–Kier alpha value is -1.04. The summed E-state index contributed by atoms with van der Waals surface area (Å²) in [5.74, 6) is 1.96. The molecular weight excluding hydrogens is 204 g/mol. The summed E-state index contributed by atoms with van der Waals surface area (Å²) in [5.41, 5.74) is 0.444. The van der Waals surface area contributed by atoms with Gasteiger partial charge in [-0.05, 0) is 29.6 Å². The minimum absolute atomic E-state index is 0.444. The molecule has 2 aliphatic rings. The molecule has 0 saturated heterocycles. The van der Waals surface area contributed by atoms with E-state index in [0.717, 1.165) is 5.92 Å². The third kappa shape index (κ3) is 3.00. The van der Waals surface area contributed by atoms with E-state index in [1.807, 2.05) is 0 Å². The average Bonchev–Trinajstić information content (AvgIpc) is 2.99. The maximum absolute atomic E-state index is 2.39. The maximum atomic E-state index is 2.39. The molecular formula is C17H24. The van der Waals surface area contributed by atoms with Crippen molar-refractivity contribution in [2.45, 2.75) is 33.6 Å². The van der Waals surface area contributed by atoms with E-state index in [2.05, 4.69) is 69.4 Å². The fourth-order valence-electron chi connectivity index (χ4n) is 2.78. The van der Waals surface area contributed by atoms with Gasteiger partial charge in [-0.25, -0.2) is 0 Å². The van der Waals surface area contributed by atoms with E-state index in [0.29, 0.717) is 17.3 Å². The van der Waals surface area contributed by atoms with Crippen molar-refractivity contribution in [2.24, 2.45) is 23.2 Å². The molecule has 0 saturated carbocycles. The van der Waals surface area contributed by atoms with E-state index in [4.69, 9.17) is 0 Å². The SMILES string of the molecule is CCC(C)(C)CC(C1C=CC=C1)C1C=CC=C1. The molecule has 0 fully saturated rings. The summed E-state index contributed by atoms with van der Waals surface area (Å²) in [6, 6.07) is 0. The van der Waals surface area contributed by atoms with Gasteiger partial charge in [0, 0.05) is 0 Å². The van der Waals surface area contributed by atoms with E-state index < -0.39 is 0 Å². The third-order valence-corrected chi connectivity index (χ3v) is 4.29. The number of hydrogen-bond donors (Lipinski definition) is 0. The van der Waals surface area contributed by atoms with Crippen LogP contribution in [0.2, 0.25) is 0 Å². The first kappa shape index (κ1) is 12.4. The zero-order valence-electron chi connectivity index (χ0n) is 11.3. The first-order valence-corrected chi connectivity index (χ1v) is 6.82. The molecule has 0 amide bonds. The minimum atomic E-state index is 0.444. The molecule has 0 N–H and O–H groups in total. The van der Waals surface area contributed by atoms with Gasteiger partial charge in [-0.2, -0.15) is 0 Å². The molecule has 0 nitrogen and oxygen atoms in total. The van der Waals surface area contributed by atoms with Crippen molar-refractivity contribution in [3.63, 3.8) is 0 Å². The van der Waals surface area contributed by atoms with Gasteiger partial charge >= 0.3 is 0 Å². The van der Waals surface area contributed by atoms with Crippen LogP contribution in [0.1, 0.15) is 33.6 Å². The van der Waals surface area contributed by atoms with Gasteiger partial charge in [0.2, 0.25) is 0 Å². The van der Waals surface area contributed by atoms with Gasteiger partial charge in [-0.1, -0.05) is 75.8 Å². The third-order valence-electron chi connectivity index (χ3n) is 4.29. The molecule has 2 rings (SSSR count). The van der Waals surface area contributed by atoms with Crippen molar-refractivity contribution in [1.82, 2.24) is 0 Å². The summed E-state index contributed by atoms with van der Waals surface area (Å²) in [5, 5.41) is 0. The first-order chi connectivity index (χ1) is 8.12. The van der Waals surface area contributed by atoms with Crippen LogP contribution in [0.5, 0.6) is 0 Å². The Bertz CT molecular complexity index is 313. The predicted octanol–water partition coefficient (Wildman–Crippen LogP) is 4.91. The average molecular weight is 228 g/mol. The van der Waals surface area contributed by atoms with Crippen LogP contribution in [0, 0.1) is 23.2 Å². The number of rotatable bonds is 5. The van der Waals surface area contributed by atoms with Crippen molar-refractivity contribution >= 4 is 0 Å². The van der Waals surface area contributed by atoms with Crippen LogP contribution in [0.4, 0.5) is 0 Å². The second-order valence-electron chi connectivity index (χ2n) is 6.08. The van der Waals surface area contributed by atoms with Gasteiger partial charge in [0.25, 0.3) is 0 Å². The lowest BCUT2D eigenvalue weighted by atomic mass is 9.71. The molecule has 0 aliphatic heterocycles. The Morgan fingerprint density at radius 1 is 0.882 bits per heavy atom. The molecule has 92 valence electrons. The Labute approximate surface area is 106 Å². The summed E-state index contributed by atoms with van der Waals surface area (Å²) in [4.78, 5) is 0. The summed E-state index contributed by atoms with van der Waals surface area (Å²) < 4.78 is 0. The molecule has 0 aromatic carbocycles. The molecule has 0 heteroatoms. The molecule has 0 bridgehead atoms. The van der Waals surface area contributed by atoms with Crippen LogP contribution in [0.25, 0.3) is 0 Å². The van der Waals surface area contributed by atoms with Gasteiger partial charge in [0.15, 0.2) is 0 Å². The van der Waals surface area contributed by atoms with Crippen LogP contribution < -0.4 is 0 Å². The quantitative estimate of drug-likeness (QED) is 0.627. The topological polar surface area (TPSA) is 0 Å². The largest absolute Gasteiger partial charge is 0.0773 e. The van der Waals surface area contributed by atoms with Gasteiger partial charge in [0.05, 0.1) is 0 Å². The van der Waals surface area contributed by atoms with Crippen LogP contribution in [0.15, 0.2) is 48.6 Å². The second kappa shape index (κ2) is 5.08. The molecule has 0 atom stereocenters. The molecule has 0 spiro atoms. The number of allylic oxidation sites excluding steroid dienone is 8. The van der Waals surface area contributed by atoms with Crippen molar-refractivity contribution < 1.29 is 0 Å². The summed E-state index contributed by atoms with van der Waals surface area (Å²) in [6.45, 7) is 7.09. The lowest BCUT2D eigenvalue weighted by Gasteiger charge is -2.33. The zero-order valence-corrected chi connectivity index (χ0v) is 11.3. The normalized spacial score (nSPS) is 20.2. The number of hydrogen-bond acceptors (Lipinski definition) is 0. The van der Waals surface area contributed by atoms with Crippen molar-refractivity contribution in [3.05, 3.63) is 48.6 Å². The highest BCUT2D eigenvalue weighted by atomic mass is 14.3. The van der Waals surface area contributed by atoms with Crippen molar-refractivity contribution in [1.29, 1.82) is 0 Å². The van der Waals surface area contributed by atoms with Crippen LogP contribution >= 0.6 is 0 Å². The van der Waals surface area contributed by atoms with Gasteiger partial charge in [0.1, 0.15) is 0 Å². The van der Waals surface area contributed by atoms with Crippen molar-refractivity contribution in [3.8, 4) is 0 Å². The molecule has 17 heavy (non-hydrogen) atoms. The zero-order chi connectivity index (χ0) is 12.3. The van der Waals surface area contributed by atoms with Gasteiger partial charge < -0.3 is 0 Å². The Morgan fingerprint density at radius 3 is 1.65 bits per heavy atom. The van der Waals surface area contributed by atoms with E-state index >= 15 is 0 Å². The van der Waals surface area contributed by atoms with Crippen molar-refractivity contribution in [2.75, 3.05) is 0 Å². The molecule has 2 aliphatic carbocycles. The maximum Gasteiger partial charge on any atom is -0.00101 e. The van der Waals surface area contributed by atoms with E-state index in [9.17, 15) is 0 Å². The molecule has 0 heterocycles. The van der Waals surface area contributed by atoms with Gasteiger partial charge in [-0.15, -0.1) is 0 Å². The van der Waals surface area contributed by atoms with Crippen LogP contribution in [-0.4, -0.2) is 0 Å². The smallest absolute Gasteiger partial charge is 0.00101 e. The highest BCUT2D eigenvalue weighted by molar-refractivity contribution is 5.24. The minimum Gasteiger partial charge on any atom is -0.0773 e. The van der Waals surface area contributed by atoms with Crippen LogP contribution in [0.3, 0.4) is 0 Å². The lowest BCUT2D eigenvalue weighted by Crippen LogP contribution is -2.25. The first-order valence-electron chi connectivity index (χ1n) is 6.82. The fraction of sp³-hybridized carbons (Fsp3) is 0.529. The second-order valence-corrected chi connectivity index (χ2v) is 6.08. The molecule has 0 aromatic rings. The van der Waals surface area contributed by atoms with E-state index in [1.54, 1.807) is 0 Å². The predicted molar refractivity (Wildman–Crippen MR) is 75.7 cm³/mol. The Balaban J connectivity index is 2.12. The molecule has 0 aromatic heterocycles. The van der Waals surface area contributed by atoms with Gasteiger partial charge in [-0.3, -0.25) is 0 Å². The Morgan fingerprint density at radius 2 is 1.29 bits per heavy atom. The van der Waals surface area contributed by atoms with E-state index in [-0.39, 0.29) is 0 Å². The summed E-state index contributed by atoms with van der Waals surface area (Å²) in [7, 11) is 0. The van der Waals surface area contributed by atoms with Crippen LogP contribution in [-0.2, 0) is 0 Å². The summed E-state index contributed by atoms with van der Waals surface area (Å²) in [6.07, 6.45) is 20.8. The molecule has 0 radical (unpaired) electrons. The highest BCUT2D eigenvalue weighted by Crippen LogP contribution is 2.40. The summed E-state index contributed by atoms with van der Waals surface area (Å²) >= 11 is 0. The fourth-order valence-corrected chi connectivity index (χ4v) is 2.78. The standard InChI is InChI=1S/C17H24/c1-4-17(2,3)13-16(14-9-5-6-10-14)15-11-7-8-12-15/h5-12,14-16H,4,13H2,1-3H3.